The van der Waals surface area contributed by atoms with Gasteiger partial charge in [-0.3, -0.25) is 0 Å². The number of phenolic OH excluding ortho intramolecular Hbond substituents is 4. The highest BCUT2D eigenvalue weighted by atomic mass is 16.3. The normalized spacial score (nSPS) is 11.4. The molecule has 4 N–H and O–H groups in total. The maximum absolute atomic E-state index is 9.33. The molecule has 0 saturated carbocycles. The third-order valence-corrected chi connectivity index (χ3v) is 6.80. The summed E-state index contributed by atoms with van der Waals surface area (Å²) in [5.41, 5.74) is 4.61. The summed E-state index contributed by atoms with van der Waals surface area (Å²) in [4.78, 5) is 0. The van der Waals surface area contributed by atoms with Gasteiger partial charge >= 0.3 is 0 Å². The van der Waals surface area contributed by atoms with Crippen molar-refractivity contribution in [3.8, 4) is 23.0 Å². The van der Waals surface area contributed by atoms with Crippen LogP contribution in [0.2, 0.25) is 0 Å². The fourth-order valence-electron chi connectivity index (χ4n) is 4.10. The molecule has 0 aliphatic rings. The van der Waals surface area contributed by atoms with Gasteiger partial charge in [0.05, 0.1) is 0 Å². The summed E-state index contributed by atoms with van der Waals surface area (Å²) in [6.45, 7) is 8.65. The lowest BCUT2D eigenvalue weighted by Gasteiger charge is -2.26. The second-order valence-corrected chi connectivity index (χ2v) is 10.3. The van der Waals surface area contributed by atoms with E-state index in [0.717, 1.165) is 24.0 Å². The molecule has 0 heterocycles. The van der Waals surface area contributed by atoms with Crippen LogP contribution in [0.15, 0.2) is 97.1 Å². The van der Waals surface area contributed by atoms with Crippen molar-refractivity contribution in [2.24, 2.45) is 0 Å². The first kappa shape index (κ1) is 26.7. The van der Waals surface area contributed by atoms with E-state index in [1.807, 2.05) is 48.5 Å². The minimum Gasteiger partial charge on any atom is -0.508 e. The minimum absolute atomic E-state index is 0.0611. The van der Waals surface area contributed by atoms with Gasteiger partial charge in [0.2, 0.25) is 0 Å². The van der Waals surface area contributed by atoms with Crippen molar-refractivity contribution >= 4 is 0 Å². The summed E-state index contributed by atoms with van der Waals surface area (Å²) in [6.07, 6.45) is 1.98. The fraction of sp³-hybridized carbons (Fsp3) is 0.250. The summed E-state index contributed by atoms with van der Waals surface area (Å²) in [5.74, 6) is 1.16. The van der Waals surface area contributed by atoms with Gasteiger partial charge in [0.25, 0.3) is 0 Å². The first-order chi connectivity index (χ1) is 17.0. The Morgan fingerprint density at radius 2 is 0.750 bits per heavy atom. The largest absolute Gasteiger partial charge is 0.508 e. The Hall–Kier alpha value is -3.92. The molecule has 4 rings (SSSR count). The molecule has 4 heteroatoms. The van der Waals surface area contributed by atoms with E-state index >= 15 is 0 Å². The number of hydrogen-bond acceptors (Lipinski definition) is 4. The zero-order valence-corrected chi connectivity index (χ0v) is 21.4. The first-order valence-electron chi connectivity index (χ1n) is 12.1. The van der Waals surface area contributed by atoms with E-state index in [9.17, 15) is 20.4 Å². The molecule has 36 heavy (non-hydrogen) atoms. The summed E-state index contributed by atoms with van der Waals surface area (Å²) in [7, 11) is 0. The molecule has 0 unspecified atom stereocenters. The second kappa shape index (κ2) is 11.2. The van der Waals surface area contributed by atoms with Crippen LogP contribution in [-0.4, -0.2) is 20.4 Å². The molecule has 4 aromatic rings. The van der Waals surface area contributed by atoms with Crippen LogP contribution in [0.1, 0.15) is 56.4 Å². The zero-order valence-electron chi connectivity index (χ0n) is 21.4. The summed E-state index contributed by atoms with van der Waals surface area (Å²) in [5, 5.41) is 37.2. The van der Waals surface area contributed by atoms with Crippen molar-refractivity contribution in [3.05, 3.63) is 119 Å². The molecule has 0 saturated heterocycles. The molecule has 0 radical (unpaired) electrons. The molecule has 0 amide bonds. The molecular formula is C32H36O4. The minimum atomic E-state index is -0.151. The summed E-state index contributed by atoms with van der Waals surface area (Å²) < 4.78 is 0. The average molecular weight is 485 g/mol. The summed E-state index contributed by atoms with van der Waals surface area (Å²) in [6, 6.07) is 29.2. The van der Waals surface area contributed by atoms with Crippen LogP contribution in [-0.2, 0) is 17.3 Å². The summed E-state index contributed by atoms with van der Waals surface area (Å²) >= 11 is 0. The first-order valence-corrected chi connectivity index (χ1v) is 12.1. The highest BCUT2D eigenvalue weighted by Crippen LogP contribution is 2.33. The van der Waals surface area contributed by atoms with Gasteiger partial charge in [-0.25, -0.2) is 0 Å². The highest BCUT2D eigenvalue weighted by Gasteiger charge is 2.23. The molecule has 0 atom stereocenters. The standard InChI is InChI=1S/C17H20O2.C15H16O2/c1-17(2,14-5-9-16(19)10-6-14)12-11-13-3-7-15(18)8-4-13;1-15(2,11-3-7-13(16)8-4-11)12-5-9-14(17)10-6-12/h3-10,18-19H,11-12H2,1-2H3;3-10,16-17H,1-2H3. The third-order valence-electron chi connectivity index (χ3n) is 6.80. The van der Waals surface area contributed by atoms with Crippen LogP contribution in [0.3, 0.4) is 0 Å². The van der Waals surface area contributed by atoms with Crippen molar-refractivity contribution in [1.82, 2.24) is 0 Å². The number of benzene rings is 4. The monoisotopic (exact) mass is 484 g/mol. The number of phenols is 4. The highest BCUT2D eigenvalue weighted by molar-refractivity contribution is 5.41. The maximum Gasteiger partial charge on any atom is 0.115 e. The maximum atomic E-state index is 9.33. The van der Waals surface area contributed by atoms with Gasteiger partial charge in [-0.2, -0.15) is 0 Å². The predicted molar refractivity (Wildman–Crippen MR) is 146 cm³/mol. The molecule has 0 aliphatic carbocycles. The lowest BCUT2D eigenvalue weighted by molar-refractivity contribution is 0.465. The molecular weight excluding hydrogens is 448 g/mol. The van der Waals surface area contributed by atoms with E-state index in [2.05, 4.69) is 27.7 Å². The van der Waals surface area contributed by atoms with Crippen LogP contribution in [0, 0.1) is 0 Å². The molecule has 0 aromatic heterocycles. The van der Waals surface area contributed by atoms with Crippen molar-refractivity contribution in [3.63, 3.8) is 0 Å². The van der Waals surface area contributed by atoms with Gasteiger partial charge in [-0.15, -0.1) is 0 Å². The topological polar surface area (TPSA) is 80.9 Å². The smallest absolute Gasteiger partial charge is 0.115 e. The van der Waals surface area contributed by atoms with E-state index in [4.69, 9.17) is 0 Å². The Kier molecular flexibility index (Phi) is 8.31. The Balaban J connectivity index is 0.000000202. The zero-order chi connectivity index (χ0) is 26.3. The van der Waals surface area contributed by atoms with E-state index in [1.54, 1.807) is 48.5 Å². The van der Waals surface area contributed by atoms with E-state index in [0.29, 0.717) is 11.5 Å². The Labute approximate surface area is 214 Å². The number of aromatic hydroxyl groups is 4. The molecule has 4 nitrogen and oxygen atoms in total. The second-order valence-electron chi connectivity index (χ2n) is 10.3. The average Bonchev–Trinajstić information content (AvgIpc) is 2.85. The van der Waals surface area contributed by atoms with Crippen molar-refractivity contribution in [1.29, 1.82) is 0 Å². The number of rotatable bonds is 6. The van der Waals surface area contributed by atoms with Gasteiger partial charge < -0.3 is 20.4 Å². The Bertz CT molecular complexity index is 1170. The molecule has 188 valence electrons. The predicted octanol–water partition coefficient (Wildman–Crippen LogP) is 7.43. The molecule has 0 spiro atoms. The van der Waals surface area contributed by atoms with Gasteiger partial charge in [0.15, 0.2) is 0 Å². The van der Waals surface area contributed by atoms with E-state index < -0.39 is 0 Å². The lowest BCUT2D eigenvalue weighted by Crippen LogP contribution is -2.18. The van der Waals surface area contributed by atoms with Crippen molar-refractivity contribution < 1.29 is 20.4 Å². The molecule has 0 bridgehead atoms. The van der Waals surface area contributed by atoms with Crippen molar-refractivity contribution in [2.45, 2.75) is 51.4 Å². The van der Waals surface area contributed by atoms with E-state index in [-0.39, 0.29) is 22.3 Å². The van der Waals surface area contributed by atoms with E-state index in [1.165, 1.54) is 11.1 Å². The lowest BCUT2D eigenvalue weighted by atomic mass is 9.78. The van der Waals surface area contributed by atoms with Gasteiger partial charge in [-0.1, -0.05) is 76.2 Å². The molecule has 0 fully saturated rings. The Morgan fingerprint density at radius 1 is 0.444 bits per heavy atom. The van der Waals surface area contributed by atoms with Gasteiger partial charge in [0.1, 0.15) is 23.0 Å². The third kappa shape index (κ3) is 7.05. The van der Waals surface area contributed by atoms with Crippen LogP contribution >= 0.6 is 0 Å². The molecule has 4 aromatic carbocycles. The number of hydrogen-bond donors (Lipinski definition) is 4. The fourth-order valence-corrected chi connectivity index (χ4v) is 4.10. The van der Waals surface area contributed by atoms with Crippen LogP contribution < -0.4 is 0 Å². The van der Waals surface area contributed by atoms with Crippen LogP contribution in [0.4, 0.5) is 0 Å². The van der Waals surface area contributed by atoms with Gasteiger partial charge in [-0.05, 0) is 89.0 Å². The van der Waals surface area contributed by atoms with Crippen molar-refractivity contribution in [2.75, 3.05) is 0 Å². The molecule has 0 aliphatic heterocycles. The van der Waals surface area contributed by atoms with Crippen LogP contribution in [0.25, 0.3) is 0 Å². The SMILES string of the molecule is CC(C)(CCc1ccc(O)cc1)c1ccc(O)cc1.CC(C)(c1ccc(O)cc1)c1ccc(O)cc1. The van der Waals surface area contributed by atoms with Crippen LogP contribution in [0.5, 0.6) is 23.0 Å². The number of aryl methyl sites for hydroxylation is 1. The quantitative estimate of drug-likeness (QED) is 0.229. The van der Waals surface area contributed by atoms with Gasteiger partial charge in [0, 0.05) is 5.41 Å². The Morgan fingerprint density at radius 3 is 1.11 bits per heavy atom.